The van der Waals surface area contributed by atoms with Crippen LogP contribution in [0.2, 0.25) is 0 Å². The first kappa shape index (κ1) is 21.4. The third kappa shape index (κ3) is 5.39. The van der Waals surface area contributed by atoms with E-state index in [4.69, 9.17) is 4.74 Å². The highest BCUT2D eigenvalue weighted by Gasteiger charge is 2.13. The smallest absolute Gasteiger partial charge is 0.234 e. The zero-order valence-corrected chi connectivity index (χ0v) is 19.2. The van der Waals surface area contributed by atoms with Gasteiger partial charge in [-0.05, 0) is 61.7 Å². The van der Waals surface area contributed by atoms with Crippen LogP contribution >= 0.6 is 27.7 Å². The predicted octanol–water partition coefficient (Wildman–Crippen LogP) is 4.81. The molecule has 0 aliphatic carbocycles. The molecule has 3 aromatic rings. The summed E-state index contributed by atoms with van der Waals surface area (Å²) >= 11 is 4.80. The van der Waals surface area contributed by atoms with Crippen LogP contribution < -0.4 is 10.1 Å². The van der Waals surface area contributed by atoms with Gasteiger partial charge in [0.1, 0.15) is 12.4 Å². The summed E-state index contributed by atoms with van der Waals surface area (Å²) < 4.78 is 8.78. The molecule has 1 amide bonds. The lowest BCUT2D eigenvalue weighted by Crippen LogP contribution is -2.14. The minimum absolute atomic E-state index is 0.0899. The summed E-state index contributed by atoms with van der Waals surface area (Å²) in [6.07, 6.45) is 0. The van der Waals surface area contributed by atoms with Gasteiger partial charge in [0.05, 0.1) is 5.75 Å². The van der Waals surface area contributed by atoms with E-state index in [1.165, 1.54) is 17.3 Å². The fourth-order valence-corrected chi connectivity index (χ4v) is 3.65. The van der Waals surface area contributed by atoms with Gasteiger partial charge in [-0.25, -0.2) is 0 Å². The van der Waals surface area contributed by atoms with Gasteiger partial charge in [0.25, 0.3) is 0 Å². The van der Waals surface area contributed by atoms with E-state index in [9.17, 15) is 4.79 Å². The average molecular weight is 475 g/mol. The van der Waals surface area contributed by atoms with Crippen molar-refractivity contribution in [2.75, 3.05) is 11.1 Å². The van der Waals surface area contributed by atoms with Crippen LogP contribution in [0.15, 0.2) is 46.0 Å². The topological polar surface area (TPSA) is 69.0 Å². The second-order valence-electron chi connectivity index (χ2n) is 6.75. The van der Waals surface area contributed by atoms with Gasteiger partial charge >= 0.3 is 0 Å². The molecule has 0 spiro atoms. The van der Waals surface area contributed by atoms with Crippen LogP contribution in [0.1, 0.15) is 22.5 Å². The van der Waals surface area contributed by atoms with E-state index in [0.717, 1.165) is 27.0 Å². The molecule has 0 aliphatic rings. The van der Waals surface area contributed by atoms with Gasteiger partial charge in [-0.3, -0.25) is 4.79 Å². The van der Waals surface area contributed by atoms with E-state index in [-0.39, 0.29) is 11.7 Å². The third-order valence-corrected chi connectivity index (χ3v) is 6.52. The minimum Gasteiger partial charge on any atom is -0.485 e. The molecular weight excluding hydrogens is 452 g/mol. The van der Waals surface area contributed by atoms with Gasteiger partial charge in [0.2, 0.25) is 5.91 Å². The monoisotopic (exact) mass is 474 g/mol. The molecule has 1 heterocycles. The molecule has 1 N–H and O–H groups in total. The normalized spacial score (nSPS) is 10.8. The molecule has 0 bridgehead atoms. The number of hydrogen-bond donors (Lipinski definition) is 1. The lowest BCUT2D eigenvalue weighted by Gasteiger charge is -2.10. The summed E-state index contributed by atoms with van der Waals surface area (Å²) in [5.74, 6) is 1.70. The van der Waals surface area contributed by atoms with Gasteiger partial charge in [-0.15, -0.1) is 10.2 Å². The fraction of sp³-hybridized carbons (Fsp3) is 0.286. The third-order valence-electron chi connectivity index (χ3n) is 4.61. The van der Waals surface area contributed by atoms with E-state index in [0.29, 0.717) is 17.6 Å². The van der Waals surface area contributed by atoms with Gasteiger partial charge in [0, 0.05) is 17.2 Å². The number of aryl methyl sites for hydroxylation is 2. The number of anilines is 1. The SMILES string of the molecule is Cc1cc(NC(=O)CSc2nnc(COc3cccc(C)c3C)n2C)ccc1Br. The van der Waals surface area contributed by atoms with Gasteiger partial charge in [-0.2, -0.15) is 0 Å². The molecule has 6 nitrogen and oxygen atoms in total. The summed E-state index contributed by atoms with van der Waals surface area (Å²) in [6.45, 7) is 6.39. The van der Waals surface area contributed by atoms with Crippen LogP contribution in [0.25, 0.3) is 0 Å². The molecular formula is C21H23BrN4O2S. The Bertz CT molecular complexity index is 1040. The van der Waals surface area contributed by atoms with Crippen molar-refractivity contribution in [3.63, 3.8) is 0 Å². The summed E-state index contributed by atoms with van der Waals surface area (Å²) in [7, 11) is 1.88. The van der Waals surface area contributed by atoms with Crippen molar-refractivity contribution in [2.45, 2.75) is 32.5 Å². The van der Waals surface area contributed by atoms with Crippen LogP contribution in [0.5, 0.6) is 5.75 Å². The summed E-state index contributed by atoms with van der Waals surface area (Å²) in [5, 5.41) is 12.0. The van der Waals surface area contributed by atoms with Gasteiger partial charge in [0.15, 0.2) is 11.0 Å². The summed E-state index contributed by atoms with van der Waals surface area (Å²) in [6, 6.07) is 11.7. The summed E-state index contributed by atoms with van der Waals surface area (Å²) in [4.78, 5) is 12.3. The Kier molecular flexibility index (Phi) is 6.97. The maximum atomic E-state index is 12.3. The van der Waals surface area contributed by atoms with Crippen molar-refractivity contribution in [1.82, 2.24) is 14.8 Å². The number of carbonyl (C=O) groups excluding carboxylic acids is 1. The van der Waals surface area contributed by atoms with E-state index in [1.807, 2.05) is 55.8 Å². The quantitative estimate of drug-likeness (QED) is 0.497. The second kappa shape index (κ2) is 9.45. The highest BCUT2D eigenvalue weighted by atomic mass is 79.9. The first-order chi connectivity index (χ1) is 13.8. The predicted molar refractivity (Wildman–Crippen MR) is 119 cm³/mol. The molecule has 0 saturated heterocycles. The highest BCUT2D eigenvalue weighted by Crippen LogP contribution is 2.23. The highest BCUT2D eigenvalue weighted by molar-refractivity contribution is 9.10. The van der Waals surface area contributed by atoms with Crippen LogP contribution in [0.4, 0.5) is 5.69 Å². The van der Waals surface area contributed by atoms with Crippen molar-refractivity contribution in [3.05, 3.63) is 63.4 Å². The Hall–Kier alpha value is -2.32. The zero-order chi connectivity index (χ0) is 21.0. The molecule has 0 radical (unpaired) electrons. The Labute approximate surface area is 183 Å². The standard InChI is InChI=1S/C21H23BrN4O2S/c1-13-6-5-7-18(15(13)3)28-11-19-24-25-21(26(19)4)29-12-20(27)23-16-8-9-17(22)14(2)10-16/h5-10H,11-12H2,1-4H3,(H,23,27). The number of aromatic nitrogens is 3. The molecule has 152 valence electrons. The first-order valence-corrected chi connectivity index (χ1v) is 10.9. The zero-order valence-electron chi connectivity index (χ0n) is 16.8. The van der Waals surface area contributed by atoms with E-state index in [1.54, 1.807) is 0 Å². The lowest BCUT2D eigenvalue weighted by molar-refractivity contribution is -0.113. The number of ether oxygens (including phenoxy) is 1. The lowest BCUT2D eigenvalue weighted by atomic mass is 10.1. The minimum atomic E-state index is -0.0899. The molecule has 2 aromatic carbocycles. The largest absolute Gasteiger partial charge is 0.485 e. The molecule has 3 rings (SSSR count). The van der Waals surface area contributed by atoms with E-state index < -0.39 is 0 Å². The Balaban J connectivity index is 1.55. The molecule has 8 heteroatoms. The van der Waals surface area contributed by atoms with E-state index in [2.05, 4.69) is 44.4 Å². The van der Waals surface area contributed by atoms with Crippen molar-refractivity contribution < 1.29 is 9.53 Å². The molecule has 1 aromatic heterocycles. The van der Waals surface area contributed by atoms with Crippen molar-refractivity contribution in [2.24, 2.45) is 7.05 Å². The Morgan fingerprint density at radius 1 is 1.17 bits per heavy atom. The van der Waals surface area contributed by atoms with Gasteiger partial charge in [-0.1, -0.05) is 39.8 Å². The van der Waals surface area contributed by atoms with Crippen molar-refractivity contribution >= 4 is 39.3 Å². The number of rotatable bonds is 7. The number of nitrogens with one attached hydrogen (secondary N) is 1. The molecule has 0 fully saturated rings. The molecule has 0 saturated carbocycles. The van der Waals surface area contributed by atoms with Crippen LogP contribution in [-0.4, -0.2) is 26.4 Å². The molecule has 0 atom stereocenters. The number of carbonyl (C=O) groups is 1. The fourth-order valence-electron chi connectivity index (χ4n) is 2.67. The van der Waals surface area contributed by atoms with E-state index >= 15 is 0 Å². The number of hydrogen-bond acceptors (Lipinski definition) is 5. The summed E-state index contributed by atoms with van der Waals surface area (Å²) in [5.41, 5.74) is 4.14. The van der Waals surface area contributed by atoms with Crippen molar-refractivity contribution in [3.8, 4) is 5.75 Å². The Morgan fingerprint density at radius 3 is 2.72 bits per heavy atom. The second-order valence-corrected chi connectivity index (χ2v) is 8.54. The number of amides is 1. The molecule has 29 heavy (non-hydrogen) atoms. The van der Waals surface area contributed by atoms with Crippen LogP contribution in [0.3, 0.4) is 0 Å². The Morgan fingerprint density at radius 2 is 1.97 bits per heavy atom. The maximum Gasteiger partial charge on any atom is 0.234 e. The van der Waals surface area contributed by atoms with Crippen molar-refractivity contribution in [1.29, 1.82) is 0 Å². The number of halogens is 1. The number of benzene rings is 2. The number of nitrogens with zero attached hydrogens (tertiary/aromatic N) is 3. The molecule has 0 unspecified atom stereocenters. The number of thioether (sulfide) groups is 1. The average Bonchev–Trinajstić information content (AvgIpc) is 3.04. The van der Waals surface area contributed by atoms with Gasteiger partial charge < -0.3 is 14.6 Å². The van der Waals surface area contributed by atoms with Crippen LogP contribution in [-0.2, 0) is 18.4 Å². The molecule has 0 aliphatic heterocycles. The van der Waals surface area contributed by atoms with Crippen LogP contribution in [0, 0.1) is 20.8 Å². The first-order valence-electron chi connectivity index (χ1n) is 9.11. The maximum absolute atomic E-state index is 12.3.